The van der Waals surface area contributed by atoms with Crippen molar-refractivity contribution in [1.29, 1.82) is 0 Å². The number of carbonyl (C=O) groups excluding carboxylic acids is 3. The molecule has 24 heavy (non-hydrogen) atoms. The Balaban J connectivity index is 1.58. The molecule has 1 fully saturated rings. The third kappa shape index (κ3) is 3.43. The Morgan fingerprint density at radius 2 is 1.67 bits per heavy atom. The topological polar surface area (TPSA) is 75.7 Å². The lowest BCUT2D eigenvalue weighted by atomic mass is 10.0. The van der Waals surface area contributed by atoms with Crippen LogP contribution < -0.4 is 5.32 Å². The number of benzene rings is 2. The van der Waals surface area contributed by atoms with Crippen LogP contribution in [0.4, 0.5) is 10.5 Å². The molecule has 1 atom stereocenters. The smallest absolute Gasteiger partial charge is 0.330 e. The molecule has 3 rings (SSSR count). The summed E-state index contributed by atoms with van der Waals surface area (Å²) in [6.07, 6.45) is -0.0180. The summed E-state index contributed by atoms with van der Waals surface area (Å²) in [5, 5.41) is 2.59. The number of carbonyl (C=O) groups is 3. The van der Waals surface area contributed by atoms with Crippen molar-refractivity contribution in [2.45, 2.75) is 19.1 Å². The average Bonchev–Trinajstić information content (AvgIpc) is 2.59. The van der Waals surface area contributed by atoms with Gasteiger partial charge in [-0.3, -0.25) is 4.79 Å². The highest BCUT2D eigenvalue weighted by Gasteiger charge is 2.46. The van der Waals surface area contributed by atoms with E-state index in [4.69, 9.17) is 4.74 Å². The van der Waals surface area contributed by atoms with Crippen LogP contribution in [0.3, 0.4) is 0 Å². The molecule has 0 spiro atoms. The number of amides is 3. The van der Waals surface area contributed by atoms with Gasteiger partial charge in [0, 0.05) is 5.69 Å². The molecule has 0 radical (unpaired) electrons. The van der Waals surface area contributed by atoms with E-state index in [0.29, 0.717) is 5.69 Å². The summed E-state index contributed by atoms with van der Waals surface area (Å²) in [5.74, 6) is -0.980. The quantitative estimate of drug-likeness (QED) is 0.693. The number of urea groups is 1. The van der Waals surface area contributed by atoms with Gasteiger partial charge in [-0.2, -0.15) is 0 Å². The van der Waals surface area contributed by atoms with Crippen molar-refractivity contribution in [1.82, 2.24) is 4.90 Å². The van der Waals surface area contributed by atoms with Crippen LogP contribution in [0, 0.1) is 0 Å². The van der Waals surface area contributed by atoms with Gasteiger partial charge in [-0.25, -0.2) is 14.5 Å². The maximum atomic E-state index is 12.2. The van der Waals surface area contributed by atoms with Crippen LogP contribution in [0.25, 0.3) is 0 Å². The second-order valence-corrected chi connectivity index (χ2v) is 5.37. The van der Waals surface area contributed by atoms with E-state index in [9.17, 15) is 14.4 Å². The van der Waals surface area contributed by atoms with Crippen LogP contribution in [0.2, 0.25) is 0 Å². The number of nitrogens with zero attached hydrogens (tertiary/aromatic N) is 1. The first-order valence-electron chi connectivity index (χ1n) is 7.54. The van der Waals surface area contributed by atoms with E-state index >= 15 is 0 Å². The molecular weight excluding hydrogens is 308 g/mol. The SMILES string of the molecule is O=C(OCc1ccccc1)[C@@H]1CC(=O)N1C(=O)Nc1ccccc1. The summed E-state index contributed by atoms with van der Waals surface area (Å²) in [4.78, 5) is 36.9. The zero-order valence-corrected chi connectivity index (χ0v) is 12.8. The second-order valence-electron chi connectivity index (χ2n) is 5.37. The molecule has 0 saturated carbocycles. The molecule has 0 unspecified atom stereocenters. The fraction of sp³-hybridized carbons (Fsp3) is 0.167. The number of β-lactam (4-membered cyclic amide) rings is 1. The summed E-state index contributed by atoms with van der Waals surface area (Å²) < 4.78 is 5.20. The van der Waals surface area contributed by atoms with Crippen LogP contribution in [0.5, 0.6) is 0 Å². The minimum absolute atomic E-state index is 0.0180. The third-order valence-corrected chi connectivity index (χ3v) is 3.69. The summed E-state index contributed by atoms with van der Waals surface area (Å²) >= 11 is 0. The lowest BCUT2D eigenvalue weighted by Crippen LogP contribution is -2.60. The molecule has 2 aromatic carbocycles. The van der Waals surface area contributed by atoms with E-state index in [0.717, 1.165) is 10.5 Å². The standard InChI is InChI=1S/C18H16N2O4/c21-16-11-15(17(22)24-12-13-7-3-1-4-8-13)20(16)18(23)19-14-9-5-2-6-10-14/h1-10,15H,11-12H2,(H,19,23)/t15-/m0/s1. The summed E-state index contributed by atoms with van der Waals surface area (Å²) in [7, 11) is 0. The zero-order chi connectivity index (χ0) is 16.9. The number of hydrogen-bond acceptors (Lipinski definition) is 4. The molecule has 0 aliphatic carbocycles. The predicted molar refractivity (Wildman–Crippen MR) is 86.9 cm³/mol. The largest absolute Gasteiger partial charge is 0.459 e. The Bertz CT molecular complexity index is 746. The van der Waals surface area contributed by atoms with E-state index in [1.165, 1.54) is 0 Å². The highest BCUT2D eigenvalue weighted by molar-refractivity contribution is 6.09. The minimum atomic E-state index is -0.870. The highest BCUT2D eigenvalue weighted by atomic mass is 16.5. The lowest BCUT2D eigenvalue weighted by Gasteiger charge is -2.36. The zero-order valence-electron chi connectivity index (χ0n) is 12.8. The van der Waals surface area contributed by atoms with Crippen LogP contribution in [-0.4, -0.2) is 28.8 Å². The van der Waals surface area contributed by atoms with Gasteiger partial charge in [0.2, 0.25) is 5.91 Å². The van der Waals surface area contributed by atoms with Gasteiger partial charge >= 0.3 is 12.0 Å². The number of nitrogens with one attached hydrogen (secondary N) is 1. The first kappa shape index (κ1) is 15.7. The number of rotatable bonds is 4. The second kappa shape index (κ2) is 6.95. The third-order valence-electron chi connectivity index (χ3n) is 3.69. The number of hydrogen-bond donors (Lipinski definition) is 1. The van der Waals surface area contributed by atoms with Crippen LogP contribution in [0.15, 0.2) is 60.7 Å². The van der Waals surface area contributed by atoms with E-state index in [1.54, 1.807) is 24.3 Å². The molecule has 122 valence electrons. The van der Waals surface area contributed by atoms with Gasteiger partial charge in [-0.05, 0) is 17.7 Å². The number of para-hydroxylation sites is 1. The highest BCUT2D eigenvalue weighted by Crippen LogP contribution is 2.22. The number of ether oxygens (including phenoxy) is 1. The first-order valence-corrected chi connectivity index (χ1v) is 7.54. The summed E-state index contributed by atoms with van der Waals surface area (Å²) in [6.45, 7) is 0.110. The minimum Gasteiger partial charge on any atom is -0.459 e. The molecule has 6 heteroatoms. The van der Waals surface area contributed by atoms with Gasteiger partial charge < -0.3 is 10.1 Å². The fourth-order valence-electron chi connectivity index (χ4n) is 2.39. The van der Waals surface area contributed by atoms with Crippen molar-refractivity contribution >= 4 is 23.6 Å². The predicted octanol–water partition coefficient (Wildman–Crippen LogP) is 2.56. The molecule has 1 aliphatic rings. The monoisotopic (exact) mass is 324 g/mol. The average molecular weight is 324 g/mol. The van der Waals surface area contributed by atoms with Crippen molar-refractivity contribution in [3.8, 4) is 0 Å². The van der Waals surface area contributed by atoms with Gasteiger partial charge in [0.15, 0.2) is 0 Å². The van der Waals surface area contributed by atoms with Crippen LogP contribution in [-0.2, 0) is 20.9 Å². The van der Waals surface area contributed by atoms with Crippen molar-refractivity contribution in [2.24, 2.45) is 0 Å². The van der Waals surface area contributed by atoms with Gasteiger partial charge in [-0.15, -0.1) is 0 Å². The lowest BCUT2D eigenvalue weighted by molar-refractivity contribution is -0.162. The first-order chi connectivity index (χ1) is 11.6. The fourth-order valence-corrected chi connectivity index (χ4v) is 2.39. The molecule has 1 aliphatic heterocycles. The Morgan fingerprint density at radius 1 is 1.04 bits per heavy atom. The maximum Gasteiger partial charge on any atom is 0.330 e. The Morgan fingerprint density at radius 3 is 2.29 bits per heavy atom. The van der Waals surface area contributed by atoms with Crippen molar-refractivity contribution < 1.29 is 19.1 Å². The Kier molecular flexibility index (Phi) is 4.56. The Hall–Kier alpha value is -3.15. The van der Waals surface area contributed by atoms with Crippen molar-refractivity contribution in [2.75, 3.05) is 5.32 Å². The van der Waals surface area contributed by atoms with Gasteiger partial charge in [-0.1, -0.05) is 48.5 Å². The van der Waals surface area contributed by atoms with E-state index in [2.05, 4.69) is 5.32 Å². The summed E-state index contributed by atoms with van der Waals surface area (Å²) in [5.41, 5.74) is 1.40. The number of imide groups is 1. The molecule has 2 aromatic rings. The van der Waals surface area contributed by atoms with Gasteiger partial charge in [0.05, 0.1) is 6.42 Å². The molecule has 1 N–H and O–H groups in total. The molecule has 1 saturated heterocycles. The molecule has 6 nitrogen and oxygen atoms in total. The molecule has 1 heterocycles. The van der Waals surface area contributed by atoms with Crippen LogP contribution >= 0.6 is 0 Å². The van der Waals surface area contributed by atoms with Gasteiger partial charge in [0.25, 0.3) is 0 Å². The van der Waals surface area contributed by atoms with Gasteiger partial charge in [0.1, 0.15) is 12.6 Å². The maximum absolute atomic E-state index is 12.2. The number of anilines is 1. The Labute approximate surface area is 139 Å². The molecule has 0 aromatic heterocycles. The molecular formula is C18H16N2O4. The van der Waals surface area contributed by atoms with Crippen molar-refractivity contribution in [3.63, 3.8) is 0 Å². The normalized spacial score (nSPS) is 16.2. The number of esters is 1. The van der Waals surface area contributed by atoms with E-state index in [-0.39, 0.29) is 13.0 Å². The van der Waals surface area contributed by atoms with Crippen molar-refractivity contribution in [3.05, 3.63) is 66.2 Å². The summed E-state index contributed by atoms with van der Waals surface area (Å²) in [6, 6.07) is 16.5. The van der Waals surface area contributed by atoms with Crippen LogP contribution in [0.1, 0.15) is 12.0 Å². The number of likely N-dealkylation sites (tertiary alicyclic amines) is 1. The van der Waals surface area contributed by atoms with E-state index < -0.39 is 23.9 Å². The van der Waals surface area contributed by atoms with E-state index in [1.807, 2.05) is 36.4 Å². The molecule has 3 amide bonds. The molecule has 0 bridgehead atoms.